The van der Waals surface area contributed by atoms with Crippen molar-refractivity contribution in [2.75, 3.05) is 42.1 Å². The SMILES string of the molecule is O=C(CSc1ccc(Cl)cc1)Nc1ccc(N2CCN(Cc3ccccc3)CC2)cc1. The van der Waals surface area contributed by atoms with Gasteiger partial charge in [0.1, 0.15) is 0 Å². The molecule has 4 nitrogen and oxygen atoms in total. The van der Waals surface area contributed by atoms with Crippen LogP contribution in [0.1, 0.15) is 5.56 Å². The minimum Gasteiger partial charge on any atom is -0.369 e. The molecule has 0 bridgehead atoms. The maximum Gasteiger partial charge on any atom is 0.234 e. The normalized spacial score (nSPS) is 14.4. The Bertz CT molecular complexity index is 972. The number of carbonyl (C=O) groups excluding carboxylic acids is 1. The minimum absolute atomic E-state index is 0.0118. The minimum atomic E-state index is -0.0118. The fourth-order valence-electron chi connectivity index (χ4n) is 3.64. The number of benzene rings is 3. The van der Waals surface area contributed by atoms with Gasteiger partial charge in [-0.1, -0.05) is 41.9 Å². The van der Waals surface area contributed by atoms with Crippen molar-refractivity contribution in [2.45, 2.75) is 11.4 Å². The first-order valence-electron chi connectivity index (χ1n) is 10.5. The third-order valence-electron chi connectivity index (χ3n) is 5.32. The average Bonchev–Trinajstić information content (AvgIpc) is 2.80. The Balaban J connectivity index is 1.23. The van der Waals surface area contributed by atoms with Crippen LogP contribution in [0.5, 0.6) is 0 Å². The smallest absolute Gasteiger partial charge is 0.234 e. The standard InChI is InChI=1S/C25H26ClN3OS/c26-21-6-12-24(13-7-21)31-19-25(30)27-22-8-10-23(11-9-22)29-16-14-28(15-17-29)18-20-4-2-1-3-5-20/h1-13H,14-19H2,(H,27,30). The molecular weight excluding hydrogens is 426 g/mol. The molecule has 3 aromatic rings. The van der Waals surface area contributed by atoms with E-state index < -0.39 is 0 Å². The second-order valence-electron chi connectivity index (χ2n) is 7.59. The summed E-state index contributed by atoms with van der Waals surface area (Å²) in [6, 6.07) is 26.3. The zero-order chi connectivity index (χ0) is 21.5. The predicted octanol–water partition coefficient (Wildman–Crippen LogP) is 5.39. The Morgan fingerprint density at radius 1 is 0.871 bits per heavy atom. The zero-order valence-electron chi connectivity index (χ0n) is 17.3. The van der Waals surface area contributed by atoms with Crippen LogP contribution in [0, 0.1) is 0 Å². The van der Waals surface area contributed by atoms with E-state index in [0.29, 0.717) is 10.8 Å². The number of hydrogen-bond acceptors (Lipinski definition) is 4. The molecule has 0 saturated carbocycles. The summed E-state index contributed by atoms with van der Waals surface area (Å²) >= 11 is 7.40. The lowest BCUT2D eigenvalue weighted by molar-refractivity contribution is -0.113. The van der Waals surface area contributed by atoms with Crippen LogP contribution in [0.25, 0.3) is 0 Å². The molecule has 0 aliphatic carbocycles. The van der Waals surface area contributed by atoms with Gasteiger partial charge in [0.15, 0.2) is 0 Å². The summed E-state index contributed by atoms with van der Waals surface area (Å²) in [6.07, 6.45) is 0. The Hall–Kier alpha value is -2.47. The molecule has 1 amide bonds. The van der Waals surface area contributed by atoms with Crippen LogP contribution in [-0.2, 0) is 11.3 Å². The van der Waals surface area contributed by atoms with E-state index in [-0.39, 0.29) is 5.91 Å². The van der Waals surface area contributed by atoms with Gasteiger partial charge in [-0.15, -0.1) is 11.8 Å². The van der Waals surface area contributed by atoms with Crippen molar-refractivity contribution in [3.05, 3.63) is 89.4 Å². The van der Waals surface area contributed by atoms with Crippen molar-refractivity contribution in [3.63, 3.8) is 0 Å². The van der Waals surface area contributed by atoms with Crippen LogP contribution in [-0.4, -0.2) is 42.7 Å². The van der Waals surface area contributed by atoms with Crippen LogP contribution in [0.2, 0.25) is 5.02 Å². The van der Waals surface area contributed by atoms with Crippen molar-refractivity contribution in [1.29, 1.82) is 0 Å². The molecule has 160 valence electrons. The highest BCUT2D eigenvalue weighted by Gasteiger charge is 2.17. The van der Waals surface area contributed by atoms with Gasteiger partial charge in [-0.3, -0.25) is 9.69 Å². The van der Waals surface area contributed by atoms with Crippen molar-refractivity contribution >= 4 is 40.6 Å². The molecule has 1 aliphatic heterocycles. The van der Waals surface area contributed by atoms with Crippen LogP contribution in [0.4, 0.5) is 11.4 Å². The highest BCUT2D eigenvalue weighted by Crippen LogP contribution is 2.22. The van der Waals surface area contributed by atoms with E-state index in [0.717, 1.165) is 43.3 Å². The third-order valence-corrected chi connectivity index (χ3v) is 6.59. The number of amides is 1. The molecule has 0 unspecified atom stereocenters. The summed E-state index contributed by atoms with van der Waals surface area (Å²) in [5.41, 5.74) is 3.39. The van der Waals surface area contributed by atoms with Gasteiger partial charge in [0, 0.05) is 54.0 Å². The molecule has 0 atom stereocenters. The molecule has 1 heterocycles. The topological polar surface area (TPSA) is 35.6 Å². The Morgan fingerprint density at radius 3 is 2.23 bits per heavy atom. The van der Waals surface area contributed by atoms with Crippen LogP contribution >= 0.6 is 23.4 Å². The molecule has 1 fully saturated rings. The van der Waals surface area contributed by atoms with Crippen molar-refractivity contribution in [1.82, 2.24) is 4.90 Å². The number of thioether (sulfide) groups is 1. The first kappa shape index (κ1) is 21.8. The summed E-state index contributed by atoms with van der Waals surface area (Å²) in [4.78, 5) is 18.2. The van der Waals surface area contributed by atoms with Gasteiger partial charge in [-0.2, -0.15) is 0 Å². The lowest BCUT2D eigenvalue weighted by Gasteiger charge is -2.36. The molecule has 3 aromatic carbocycles. The van der Waals surface area contributed by atoms with Gasteiger partial charge in [-0.25, -0.2) is 0 Å². The molecule has 1 N–H and O–H groups in total. The number of piperazine rings is 1. The number of rotatable bonds is 7. The molecular formula is C25H26ClN3OS. The summed E-state index contributed by atoms with van der Waals surface area (Å²) in [6.45, 7) is 5.13. The molecule has 1 saturated heterocycles. The lowest BCUT2D eigenvalue weighted by atomic mass is 10.2. The Labute approximate surface area is 193 Å². The van der Waals surface area contributed by atoms with Gasteiger partial charge in [0.2, 0.25) is 5.91 Å². The van der Waals surface area contributed by atoms with E-state index >= 15 is 0 Å². The number of hydrogen-bond donors (Lipinski definition) is 1. The van der Waals surface area contributed by atoms with Gasteiger partial charge in [0.25, 0.3) is 0 Å². The van der Waals surface area contributed by atoms with Crippen LogP contribution in [0.3, 0.4) is 0 Å². The van der Waals surface area contributed by atoms with Gasteiger partial charge in [-0.05, 0) is 54.1 Å². The Kier molecular flexibility index (Phi) is 7.52. The molecule has 0 aromatic heterocycles. The number of carbonyl (C=O) groups is 1. The molecule has 31 heavy (non-hydrogen) atoms. The van der Waals surface area contributed by atoms with Crippen molar-refractivity contribution in [2.24, 2.45) is 0 Å². The maximum absolute atomic E-state index is 12.3. The van der Waals surface area contributed by atoms with E-state index in [2.05, 4.69) is 57.6 Å². The van der Waals surface area contributed by atoms with Crippen LogP contribution < -0.4 is 10.2 Å². The second-order valence-corrected chi connectivity index (χ2v) is 9.07. The first-order chi connectivity index (χ1) is 15.2. The predicted molar refractivity (Wildman–Crippen MR) is 131 cm³/mol. The van der Waals surface area contributed by atoms with E-state index in [1.54, 1.807) is 0 Å². The highest BCUT2D eigenvalue weighted by molar-refractivity contribution is 8.00. The van der Waals surface area contributed by atoms with Crippen LogP contribution in [0.15, 0.2) is 83.8 Å². The van der Waals surface area contributed by atoms with E-state index in [1.165, 1.54) is 23.0 Å². The van der Waals surface area contributed by atoms with Crippen molar-refractivity contribution < 1.29 is 4.79 Å². The number of anilines is 2. The highest BCUT2D eigenvalue weighted by atomic mass is 35.5. The molecule has 0 spiro atoms. The number of halogens is 1. The summed E-state index contributed by atoms with van der Waals surface area (Å²) < 4.78 is 0. The zero-order valence-corrected chi connectivity index (χ0v) is 18.9. The summed E-state index contributed by atoms with van der Waals surface area (Å²) in [5.74, 6) is 0.356. The van der Waals surface area contributed by atoms with Gasteiger partial charge >= 0.3 is 0 Å². The monoisotopic (exact) mass is 451 g/mol. The summed E-state index contributed by atoms with van der Waals surface area (Å²) in [7, 11) is 0. The van der Waals surface area contributed by atoms with E-state index in [4.69, 9.17) is 11.6 Å². The lowest BCUT2D eigenvalue weighted by Crippen LogP contribution is -2.45. The molecule has 0 radical (unpaired) electrons. The fraction of sp³-hybridized carbons (Fsp3) is 0.240. The molecule has 4 rings (SSSR count). The Morgan fingerprint density at radius 2 is 1.55 bits per heavy atom. The third kappa shape index (κ3) is 6.50. The average molecular weight is 452 g/mol. The fourth-order valence-corrected chi connectivity index (χ4v) is 4.46. The second kappa shape index (κ2) is 10.7. The molecule has 6 heteroatoms. The largest absolute Gasteiger partial charge is 0.369 e. The maximum atomic E-state index is 12.3. The summed E-state index contributed by atoms with van der Waals surface area (Å²) in [5, 5.41) is 3.68. The quantitative estimate of drug-likeness (QED) is 0.488. The van der Waals surface area contributed by atoms with Gasteiger partial charge < -0.3 is 10.2 Å². The molecule has 1 aliphatic rings. The first-order valence-corrected chi connectivity index (χ1v) is 11.8. The van der Waals surface area contributed by atoms with E-state index in [1.807, 2.05) is 36.4 Å². The van der Waals surface area contributed by atoms with E-state index in [9.17, 15) is 4.79 Å². The van der Waals surface area contributed by atoms with Crippen molar-refractivity contribution in [3.8, 4) is 0 Å². The number of nitrogens with one attached hydrogen (secondary N) is 1. The number of nitrogens with zero attached hydrogens (tertiary/aromatic N) is 2. The van der Waals surface area contributed by atoms with Gasteiger partial charge in [0.05, 0.1) is 5.75 Å².